The van der Waals surface area contributed by atoms with Crippen LogP contribution in [0.2, 0.25) is 0 Å². The number of thiazole rings is 1. The highest BCUT2D eigenvalue weighted by atomic mass is 32.1. The lowest BCUT2D eigenvalue weighted by molar-refractivity contribution is -0.0708. The maximum atomic E-state index is 14.1. The van der Waals surface area contributed by atoms with Crippen molar-refractivity contribution in [3.8, 4) is 5.69 Å². The summed E-state index contributed by atoms with van der Waals surface area (Å²) in [6.07, 6.45) is 0.276. The van der Waals surface area contributed by atoms with Crippen molar-refractivity contribution in [2.24, 2.45) is 0 Å². The maximum absolute atomic E-state index is 14.1. The Balaban J connectivity index is 1.95. The number of para-hydroxylation sites is 1. The number of nitrogens with zero attached hydrogens (tertiary/aromatic N) is 2. The molecule has 1 saturated heterocycles. The van der Waals surface area contributed by atoms with Crippen molar-refractivity contribution in [1.82, 2.24) is 9.47 Å². The lowest BCUT2D eigenvalue weighted by Crippen LogP contribution is -2.45. The van der Waals surface area contributed by atoms with E-state index in [4.69, 9.17) is 17.0 Å². The fourth-order valence-corrected chi connectivity index (χ4v) is 4.11. The summed E-state index contributed by atoms with van der Waals surface area (Å²) in [5.41, 5.74) is 0.702. The van der Waals surface area contributed by atoms with E-state index in [1.165, 1.54) is 34.1 Å². The Kier molecular flexibility index (Phi) is 4.91. The van der Waals surface area contributed by atoms with Gasteiger partial charge < -0.3 is 4.74 Å². The molecule has 2 aromatic rings. The van der Waals surface area contributed by atoms with E-state index < -0.39 is 11.6 Å². The monoisotopic (exact) mass is 356 g/mol. The summed E-state index contributed by atoms with van der Waals surface area (Å²) in [5, 5.41) is 1.87. The summed E-state index contributed by atoms with van der Waals surface area (Å²) >= 11 is 6.61. The van der Waals surface area contributed by atoms with Gasteiger partial charge >= 0.3 is 0 Å². The molecule has 0 aliphatic carbocycles. The van der Waals surface area contributed by atoms with E-state index in [1.54, 1.807) is 0 Å². The molecule has 1 fully saturated rings. The third-order valence-electron chi connectivity index (χ3n) is 3.81. The summed E-state index contributed by atoms with van der Waals surface area (Å²) in [6.45, 7) is 6.21. The summed E-state index contributed by atoms with van der Waals surface area (Å²) < 4.78 is 36.0. The Hall–Kier alpha value is -1.15. The van der Waals surface area contributed by atoms with Gasteiger partial charge in [0.05, 0.1) is 12.2 Å². The second-order valence-corrected chi connectivity index (χ2v) is 7.35. The van der Waals surface area contributed by atoms with Crippen LogP contribution in [0.25, 0.3) is 5.69 Å². The molecule has 0 bridgehead atoms. The van der Waals surface area contributed by atoms with Crippen LogP contribution in [-0.4, -0.2) is 34.8 Å². The molecule has 3 nitrogen and oxygen atoms in total. The van der Waals surface area contributed by atoms with Crippen molar-refractivity contribution < 1.29 is 13.5 Å². The predicted octanol–water partition coefficient (Wildman–Crippen LogP) is 4.16. The van der Waals surface area contributed by atoms with Gasteiger partial charge in [-0.2, -0.15) is 0 Å². The zero-order chi connectivity index (χ0) is 16.6. The molecule has 1 aromatic carbocycles. The van der Waals surface area contributed by atoms with Crippen LogP contribution in [0, 0.1) is 15.6 Å². The first kappa shape index (κ1) is 16.7. The number of morpholine rings is 1. The van der Waals surface area contributed by atoms with Crippen molar-refractivity contribution >= 4 is 23.6 Å². The first-order valence-electron chi connectivity index (χ1n) is 7.47. The Morgan fingerprint density at radius 1 is 1.22 bits per heavy atom. The third kappa shape index (κ3) is 3.52. The maximum Gasteiger partial charge on any atom is 0.166 e. The highest BCUT2D eigenvalue weighted by molar-refractivity contribution is 7.73. The van der Waals surface area contributed by atoms with Crippen LogP contribution in [0.3, 0.4) is 0 Å². The van der Waals surface area contributed by atoms with Crippen LogP contribution in [-0.2, 0) is 11.3 Å². The van der Waals surface area contributed by atoms with Crippen molar-refractivity contribution in [1.29, 1.82) is 0 Å². The molecular weight excluding hydrogens is 338 g/mol. The standard InChI is InChI=1S/C16H18F2N2OS2/c1-10-6-19(7-11(2)21-10)8-12-9-23-16(22)20(12)15-13(17)4-3-5-14(15)18/h3-5,9-11H,6-8H2,1-2H3/t10-,11+. The molecule has 0 unspecified atom stereocenters. The number of aromatic nitrogens is 1. The zero-order valence-electron chi connectivity index (χ0n) is 13.0. The summed E-state index contributed by atoms with van der Waals surface area (Å²) in [4.78, 5) is 2.23. The van der Waals surface area contributed by atoms with Crippen LogP contribution in [0.1, 0.15) is 19.5 Å². The minimum Gasteiger partial charge on any atom is -0.373 e. The molecule has 0 N–H and O–H groups in total. The number of hydrogen-bond donors (Lipinski definition) is 0. The van der Waals surface area contributed by atoms with Gasteiger partial charge in [0.15, 0.2) is 3.95 Å². The molecule has 2 heterocycles. The van der Waals surface area contributed by atoms with E-state index in [1.807, 2.05) is 19.2 Å². The summed E-state index contributed by atoms with van der Waals surface area (Å²) in [7, 11) is 0. The van der Waals surface area contributed by atoms with Crippen molar-refractivity contribution in [2.75, 3.05) is 13.1 Å². The fraction of sp³-hybridized carbons (Fsp3) is 0.438. The molecule has 1 aliphatic rings. The molecule has 3 rings (SSSR count). The van der Waals surface area contributed by atoms with Crippen molar-refractivity contribution in [3.05, 3.63) is 44.9 Å². The smallest absolute Gasteiger partial charge is 0.166 e. The second kappa shape index (κ2) is 6.76. The minimum absolute atomic E-state index is 0.0943. The minimum atomic E-state index is -0.607. The lowest BCUT2D eigenvalue weighted by Gasteiger charge is -2.35. The fourth-order valence-electron chi connectivity index (χ4n) is 3.03. The SMILES string of the molecule is C[C@@H]1CN(Cc2csc(=S)n2-c2c(F)cccc2F)C[C@H](C)O1. The molecule has 7 heteroatoms. The van der Waals surface area contributed by atoms with Gasteiger partial charge in [-0.1, -0.05) is 6.07 Å². The van der Waals surface area contributed by atoms with Crippen LogP contribution in [0.4, 0.5) is 8.78 Å². The van der Waals surface area contributed by atoms with E-state index in [-0.39, 0.29) is 17.9 Å². The zero-order valence-corrected chi connectivity index (χ0v) is 14.6. The van der Waals surface area contributed by atoms with E-state index >= 15 is 0 Å². The first-order chi connectivity index (χ1) is 11.0. The molecule has 0 radical (unpaired) electrons. The largest absolute Gasteiger partial charge is 0.373 e. The number of hydrogen-bond acceptors (Lipinski definition) is 4. The van der Waals surface area contributed by atoms with E-state index in [0.717, 1.165) is 18.8 Å². The normalized spacial score (nSPS) is 22.4. The van der Waals surface area contributed by atoms with Crippen LogP contribution in [0.5, 0.6) is 0 Å². The van der Waals surface area contributed by atoms with Gasteiger partial charge in [-0.05, 0) is 38.2 Å². The first-order valence-corrected chi connectivity index (χ1v) is 8.76. The van der Waals surface area contributed by atoms with Gasteiger partial charge in [0, 0.05) is 30.7 Å². The third-order valence-corrected chi connectivity index (χ3v) is 5.05. The van der Waals surface area contributed by atoms with Gasteiger partial charge in [-0.25, -0.2) is 8.78 Å². The quantitative estimate of drug-likeness (QED) is 0.769. The van der Waals surface area contributed by atoms with Crippen molar-refractivity contribution in [2.45, 2.75) is 32.6 Å². The van der Waals surface area contributed by atoms with E-state index in [9.17, 15) is 8.78 Å². The highest BCUT2D eigenvalue weighted by Gasteiger charge is 2.24. The molecule has 124 valence electrons. The molecule has 2 atom stereocenters. The van der Waals surface area contributed by atoms with E-state index in [2.05, 4.69) is 4.90 Å². The number of rotatable bonds is 3. The van der Waals surface area contributed by atoms with Gasteiger partial charge in [-0.15, -0.1) is 11.3 Å². The van der Waals surface area contributed by atoms with E-state index in [0.29, 0.717) is 10.5 Å². The highest BCUT2D eigenvalue weighted by Crippen LogP contribution is 2.25. The molecule has 1 aliphatic heterocycles. The summed E-state index contributed by atoms with van der Waals surface area (Å²) in [5.74, 6) is -1.21. The van der Waals surface area contributed by atoms with Gasteiger partial charge in [0.25, 0.3) is 0 Å². The number of halogens is 2. The molecule has 0 spiro atoms. The Labute approximate surface area is 143 Å². The molecule has 23 heavy (non-hydrogen) atoms. The topological polar surface area (TPSA) is 17.4 Å². The Morgan fingerprint density at radius 3 is 2.43 bits per heavy atom. The molecule has 0 amide bonds. The Bertz CT molecular complexity index is 729. The predicted molar refractivity (Wildman–Crippen MR) is 89.7 cm³/mol. The molecular formula is C16H18F2N2OS2. The lowest BCUT2D eigenvalue weighted by atomic mass is 10.2. The molecule has 1 aromatic heterocycles. The average molecular weight is 356 g/mol. The second-order valence-electron chi connectivity index (χ2n) is 5.85. The van der Waals surface area contributed by atoms with Gasteiger partial charge in [-0.3, -0.25) is 9.47 Å². The number of ether oxygens (including phenoxy) is 1. The average Bonchev–Trinajstić information content (AvgIpc) is 2.79. The Morgan fingerprint density at radius 2 is 1.83 bits per heavy atom. The van der Waals surface area contributed by atoms with Gasteiger partial charge in [0.1, 0.15) is 17.3 Å². The van der Waals surface area contributed by atoms with Gasteiger partial charge in [0.2, 0.25) is 0 Å². The summed E-state index contributed by atoms with van der Waals surface area (Å²) in [6, 6.07) is 3.86. The van der Waals surface area contributed by atoms with Crippen molar-refractivity contribution in [3.63, 3.8) is 0 Å². The number of benzene rings is 1. The van der Waals surface area contributed by atoms with Crippen LogP contribution < -0.4 is 0 Å². The van der Waals surface area contributed by atoms with Crippen LogP contribution in [0.15, 0.2) is 23.6 Å². The van der Waals surface area contributed by atoms with Crippen LogP contribution >= 0.6 is 23.6 Å². The molecule has 0 saturated carbocycles.